The summed E-state index contributed by atoms with van der Waals surface area (Å²) in [6.07, 6.45) is 1.85. The molecular weight excluding hydrogens is 413 g/mol. The third-order valence-corrected chi connectivity index (χ3v) is 5.81. The summed E-state index contributed by atoms with van der Waals surface area (Å²) in [6, 6.07) is 20.6. The van der Waals surface area contributed by atoms with Crippen molar-refractivity contribution in [3.63, 3.8) is 0 Å². The van der Waals surface area contributed by atoms with E-state index in [4.69, 9.17) is 0 Å². The maximum absolute atomic E-state index is 13.8. The number of hydrogen-bond donors (Lipinski definition) is 3. The first kappa shape index (κ1) is 20.7. The zero-order chi connectivity index (χ0) is 21.8. The van der Waals surface area contributed by atoms with E-state index < -0.39 is 11.7 Å². The van der Waals surface area contributed by atoms with E-state index in [2.05, 4.69) is 15.6 Å². The second kappa shape index (κ2) is 9.06. The molecule has 0 bridgehead atoms. The molecule has 2 amide bonds. The maximum Gasteiger partial charge on any atom is 0.258 e. The van der Waals surface area contributed by atoms with Crippen molar-refractivity contribution < 1.29 is 14.0 Å². The van der Waals surface area contributed by atoms with Gasteiger partial charge >= 0.3 is 0 Å². The molecule has 0 aliphatic carbocycles. The molecule has 3 aromatic carbocycles. The summed E-state index contributed by atoms with van der Waals surface area (Å²) in [5, 5.41) is 6.34. The number of aromatic nitrogens is 1. The quantitative estimate of drug-likeness (QED) is 0.343. The van der Waals surface area contributed by atoms with Gasteiger partial charge in [-0.2, -0.15) is 0 Å². The fraction of sp³-hybridized carbons (Fsp3) is 0.0833. The fourth-order valence-corrected chi connectivity index (χ4v) is 4.04. The lowest BCUT2D eigenvalue weighted by molar-refractivity contribution is -0.115. The molecule has 7 heteroatoms. The molecule has 0 saturated heterocycles. The molecule has 3 N–H and O–H groups in total. The lowest BCUT2D eigenvalue weighted by Crippen LogP contribution is -2.22. The summed E-state index contributed by atoms with van der Waals surface area (Å²) in [7, 11) is 0. The van der Waals surface area contributed by atoms with E-state index in [-0.39, 0.29) is 16.7 Å². The number of rotatable bonds is 6. The highest BCUT2D eigenvalue weighted by molar-refractivity contribution is 8.00. The Bertz CT molecular complexity index is 1250. The van der Waals surface area contributed by atoms with Gasteiger partial charge in [-0.3, -0.25) is 9.59 Å². The van der Waals surface area contributed by atoms with Crippen LogP contribution in [0.25, 0.3) is 10.9 Å². The predicted octanol–water partition coefficient (Wildman–Crippen LogP) is 5.68. The number of carbonyl (C=O) groups is 2. The van der Waals surface area contributed by atoms with Gasteiger partial charge in [0.25, 0.3) is 5.91 Å². The number of nitrogens with one attached hydrogen (secondary N) is 3. The third-order valence-electron chi connectivity index (χ3n) is 4.72. The molecule has 1 unspecified atom stereocenters. The van der Waals surface area contributed by atoms with Gasteiger partial charge < -0.3 is 15.6 Å². The number of benzene rings is 3. The number of fused-ring (bicyclic) bond motifs is 1. The molecule has 5 nitrogen and oxygen atoms in total. The standard InChI is InChI=1S/C24H20FN3O2S/c1-15(23(29)27-18-10-9-16-11-12-26-22(16)14-18)31-19-6-4-5-17(13-19)28-24(30)20-7-2-3-8-21(20)25/h2-15,26H,1H3,(H,27,29)(H,28,30). The van der Waals surface area contributed by atoms with Gasteiger partial charge in [0.1, 0.15) is 5.82 Å². The van der Waals surface area contributed by atoms with E-state index in [1.165, 1.54) is 30.0 Å². The number of amides is 2. The summed E-state index contributed by atoms with van der Waals surface area (Å²) in [5.41, 5.74) is 2.19. The molecule has 0 spiro atoms. The maximum atomic E-state index is 13.8. The van der Waals surface area contributed by atoms with Crippen LogP contribution in [0.5, 0.6) is 0 Å². The molecule has 0 fully saturated rings. The SMILES string of the molecule is CC(Sc1cccc(NC(=O)c2ccccc2F)c1)C(=O)Nc1ccc2cc[nH]c2c1. The minimum Gasteiger partial charge on any atom is -0.361 e. The van der Waals surface area contributed by atoms with E-state index in [9.17, 15) is 14.0 Å². The van der Waals surface area contributed by atoms with Crippen molar-refractivity contribution in [2.75, 3.05) is 10.6 Å². The summed E-state index contributed by atoms with van der Waals surface area (Å²) in [4.78, 5) is 28.9. The molecule has 0 aliphatic heterocycles. The first-order valence-corrected chi connectivity index (χ1v) is 10.6. The van der Waals surface area contributed by atoms with Crippen LogP contribution in [0.2, 0.25) is 0 Å². The molecule has 4 aromatic rings. The van der Waals surface area contributed by atoms with Gasteiger partial charge in [-0.05, 0) is 60.8 Å². The van der Waals surface area contributed by atoms with E-state index in [1.807, 2.05) is 43.5 Å². The minimum atomic E-state index is -0.576. The molecule has 31 heavy (non-hydrogen) atoms. The fourth-order valence-electron chi connectivity index (χ4n) is 3.12. The Morgan fingerprint density at radius 1 is 0.935 bits per heavy atom. The Labute approximate surface area is 183 Å². The zero-order valence-electron chi connectivity index (χ0n) is 16.7. The lowest BCUT2D eigenvalue weighted by atomic mass is 10.2. The largest absolute Gasteiger partial charge is 0.361 e. The number of anilines is 2. The van der Waals surface area contributed by atoms with Gasteiger partial charge in [0, 0.05) is 28.0 Å². The number of carbonyl (C=O) groups excluding carboxylic acids is 2. The highest BCUT2D eigenvalue weighted by Gasteiger charge is 2.16. The monoisotopic (exact) mass is 433 g/mol. The molecule has 1 aromatic heterocycles. The van der Waals surface area contributed by atoms with Crippen molar-refractivity contribution in [3.8, 4) is 0 Å². The van der Waals surface area contributed by atoms with Crippen LogP contribution in [0.1, 0.15) is 17.3 Å². The second-order valence-electron chi connectivity index (χ2n) is 6.99. The Balaban J connectivity index is 1.40. The molecule has 1 heterocycles. The number of hydrogen-bond acceptors (Lipinski definition) is 3. The average molecular weight is 434 g/mol. The molecule has 4 rings (SSSR count). The topological polar surface area (TPSA) is 74.0 Å². The van der Waals surface area contributed by atoms with Crippen LogP contribution in [-0.4, -0.2) is 22.0 Å². The highest BCUT2D eigenvalue weighted by Crippen LogP contribution is 2.27. The molecule has 0 saturated carbocycles. The van der Waals surface area contributed by atoms with Crippen molar-refractivity contribution in [1.29, 1.82) is 0 Å². The van der Waals surface area contributed by atoms with Crippen LogP contribution < -0.4 is 10.6 Å². The smallest absolute Gasteiger partial charge is 0.258 e. The first-order valence-electron chi connectivity index (χ1n) is 9.70. The third kappa shape index (κ3) is 4.95. The van der Waals surface area contributed by atoms with Crippen molar-refractivity contribution in [1.82, 2.24) is 4.98 Å². The summed E-state index contributed by atoms with van der Waals surface area (Å²) in [6.45, 7) is 1.82. The van der Waals surface area contributed by atoms with Gasteiger partial charge in [-0.15, -0.1) is 11.8 Å². The first-order chi connectivity index (χ1) is 15.0. The van der Waals surface area contributed by atoms with E-state index in [0.717, 1.165) is 21.5 Å². The van der Waals surface area contributed by atoms with Crippen molar-refractivity contribution in [2.24, 2.45) is 0 Å². The molecule has 0 aliphatic rings. The number of halogens is 1. The van der Waals surface area contributed by atoms with Crippen LogP contribution in [-0.2, 0) is 4.79 Å². The van der Waals surface area contributed by atoms with Gasteiger partial charge in [-0.1, -0.05) is 24.3 Å². The van der Waals surface area contributed by atoms with E-state index in [0.29, 0.717) is 5.69 Å². The number of aromatic amines is 1. The average Bonchev–Trinajstić information content (AvgIpc) is 3.22. The van der Waals surface area contributed by atoms with Crippen LogP contribution >= 0.6 is 11.8 Å². The van der Waals surface area contributed by atoms with Gasteiger partial charge in [-0.25, -0.2) is 4.39 Å². The van der Waals surface area contributed by atoms with Crippen molar-refractivity contribution in [3.05, 3.63) is 90.4 Å². The minimum absolute atomic E-state index is 0.0210. The Morgan fingerprint density at radius 2 is 1.74 bits per heavy atom. The van der Waals surface area contributed by atoms with Crippen LogP contribution in [0.4, 0.5) is 15.8 Å². The highest BCUT2D eigenvalue weighted by atomic mass is 32.2. The summed E-state index contributed by atoms with van der Waals surface area (Å²) < 4.78 is 13.8. The summed E-state index contributed by atoms with van der Waals surface area (Å²) >= 11 is 1.37. The van der Waals surface area contributed by atoms with Crippen molar-refractivity contribution >= 4 is 45.9 Å². The Kier molecular flexibility index (Phi) is 6.04. The molecular formula is C24H20FN3O2S. The Morgan fingerprint density at radius 3 is 2.58 bits per heavy atom. The van der Waals surface area contributed by atoms with Gasteiger partial charge in [0.15, 0.2) is 0 Å². The van der Waals surface area contributed by atoms with Crippen LogP contribution in [0.15, 0.2) is 83.9 Å². The van der Waals surface area contributed by atoms with Crippen LogP contribution in [0, 0.1) is 5.82 Å². The lowest BCUT2D eigenvalue weighted by Gasteiger charge is -2.13. The molecule has 0 radical (unpaired) electrons. The number of H-pyrrole nitrogens is 1. The normalized spacial score (nSPS) is 11.8. The van der Waals surface area contributed by atoms with Crippen molar-refractivity contribution in [2.45, 2.75) is 17.1 Å². The zero-order valence-corrected chi connectivity index (χ0v) is 17.5. The van der Waals surface area contributed by atoms with Gasteiger partial charge in [0.05, 0.1) is 10.8 Å². The summed E-state index contributed by atoms with van der Waals surface area (Å²) in [5.74, 6) is -1.23. The van der Waals surface area contributed by atoms with Crippen LogP contribution in [0.3, 0.4) is 0 Å². The molecule has 1 atom stereocenters. The van der Waals surface area contributed by atoms with E-state index in [1.54, 1.807) is 24.3 Å². The Hall–Kier alpha value is -3.58. The second-order valence-corrected chi connectivity index (χ2v) is 8.41. The molecule has 156 valence electrons. The van der Waals surface area contributed by atoms with E-state index >= 15 is 0 Å². The predicted molar refractivity (Wildman–Crippen MR) is 123 cm³/mol. The van der Waals surface area contributed by atoms with Gasteiger partial charge in [0.2, 0.25) is 5.91 Å². The number of thioether (sulfide) groups is 1.